The summed E-state index contributed by atoms with van der Waals surface area (Å²) in [6.45, 7) is 4.73. The third-order valence-electron chi connectivity index (χ3n) is 1.95. The smallest absolute Gasteiger partial charge is 0.246 e. The Hall–Kier alpha value is -0.650. The molecule has 15 heavy (non-hydrogen) atoms. The van der Waals surface area contributed by atoms with Crippen LogP contribution in [0.25, 0.3) is 0 Å². The number of rotatable bonds is 8. The van der Waals surface area contributed by atoms with E-state index in [0.29, 0.717) is 19.6 Å². The van der Waals surface area contributed by atoms with E-state index < -0.39 is 5.60 Å². The number of hydrogen-bond donors (Lipinski definition) is 3. The molecule has 0 radical (unpaired) electrons. The third-order valence-corrected chi connectivity index (χ3v) is 1.95. The van der Waals surface area contributed by atoms with Crippen molar-refractivity contribution in [2.75, 3.05) is 26.3 Å². The summed E-state index contributed by atoms with van der Waals surface area (Å²) in [4.78, 5) is 11.2. The lowest BCUT2D eigenvalue weighted by atomic mass is 10.0. The van der Waals surface area contributed by atoms with Crippen molar-refractivity contribution in [2.24, 2.45) is 5.73 Å². The Bertz CT molecular complexity index is 184. The fourth-order valence-corrected chi connectivity index (χ4v) is 1.22. The van der Waals surface area contributed by atoms with E-state index in [9.17, 15) is 9.90 Å². The minimum absolute atomic E-state index is 0.000590. The lowest BCUT2D eigenvalue weighted by molar-refractivity contribution is -0.126. The molecule has 4 N–H and O–H groups in total. The predicted molar refractivity (Wildman–Crippen MR) is 58.4 cm³/mol. The Labute approximate surface area is 91.0 Å². The molecule has 0 spiro atoms. The second-order valence-corrected chi connectivity index (χ2v) is 3.86. The monoisotopic (exact) mass is 218 g/mol. The number of nitrogens with one attached hydrogen (secondary N) is 1. The topological polar surface area (TPSA) is 84.6 Å². The number of carbonyl (C=O) groups is 1. The Balaban J connectivity index is 3.60. The van der Waals surface area contributed by atoms with Crippen LogP contribution in [0.15, 0.2) is 0 Å². The Morgan fingerprint density at radius 1 is 1.60 bits per heavy atom. The van der Waals surface area contributed by atoms with Crippen molar-refractivity contribution in [2.45, 2.75) is 32.3 Å². The maximum Gasteiger partial charge on any atom is 0.246 e. The lowest BCUT2D eigenvalue weighted by Crippen LogP contribution is -2.41. The standard InChI is InChI=1S/C10H22N2O3/c1-3-4-10(2,14)8-12-9(13)7-15-6-5-11/h14H,3-8,11H2,1-2H3,(H,12,13). The van der Waals surface area contributed by atoms with Gasteiger partial charge in [-0.05, 0) is 13.3 Å². The fraction of sp³-hybridized carbons (Fsp3) is 0.900. The summed E-state index contributed by atoms with van der Waals surface area (Å²) in [5, 5.41) is 12.4. The van der Waals surface area contributed by atoms with Gasteiger partial charge in [-0.15, -0.1) is 0 Å². The average molecular weight is 218 g/mol. The molecule has 0 bridgehead atoms. The Morgan fingerprint density at radius 2 is 2.27 bits per heavy atom. The number of nitrogens with two attached hydrogens (primary N) is 1. The summed E-state index contributed by atoms with van der Waals surface area (Å²) >= 11 is 0. The molecular formula is C10H22N2O3. The first-order valence-corrected chi connectivity index (χ1v) is 5.28. The van der Waals surface area contributed by atoms with Gasteiger partial charge >= 0.3 is 0 Å². The van der Waals surface area contributed by atoms with Gasteiger partial charge in [0.1, 0.15) is 6.61 Å². The maximum absolute atomic E-state index is 11.2. The van der Waals surface area contributed by atoms with Crippen LogP contribution in [-0.4, -0.2) is 42.9 Å². The molecule has 0 saturated heterocycles. The van der Waals surface area contributed by atoms with Crippen molar-refractivity contribution in [1.82, 2.24) is 5.32 Å². The maximum atomic E-state index is 11.2. The van der Waals surface area contributed by atoms with E-state index in [-0.39, 0.29) is 19.1 Å². The molecule has 0 aliphatic heterocycles. The Morgan fingerprint density at radius 3 is 2.80 bits per heavy atom. The van der Waals surface area contributed by atoms with Gasteiger partial charge in [-0.3, -0.25) is 4.79 Å². The van der Waals surface area contributed by atoms with Crippen LogP contribution in [0.1, 0.15) is 26.7 Å². The molecule has 0 rings (SSSR count). The average Bonchev–Trinajstić information content (AvgIpc) is 2.15. The number of hydrogen-bond acceptors (Lipinski definition) is 4. The molecule has 0 aromatic heterocycles. The molecule has 0 aliphatic carbocycles. The molecule has 0 aliphatic rings. The zero-order valence-electron chi connectivity index (χ0n) is 9.58. The fourth-order valence-electron chi connectivity index (χ4n) is 1.22. The highest BCUT2D eigenvalue weighted by Crippen LogP contribution is 2.09. The van der Waals surface area contributed by atoms with Gasteiger partial charge in [0.25, 0.3) is 0 Å². The highest BCUT2D eigenvalue weighted by atomic mass is 16.5. The zero-order chi connectivity index (χ0) is 11.7. The van der Waals surface area contributed by atoms with Crippen LogP contribution in [0.5, 0.6) is 0 Å². The quantitative estimate of drug-likeness (QED) is 0.485. The molecule has 0 aromatic carbocycles. The minimum Gasteiger partial charge on any atom is -0.388 e. The summed E-state index contributed by atoms with van der Waals surface area (Å²) < 4.78 is 4.95. The van der Waals surface area contributed by atoms with E-state index in [1.54, 1.807) is 6.92 Å². The van der Waals surface area contributed by atoms with Crippen LogP contribution in [0.3, 0.4) is 0 Å². The van der Waals surface area contributed by atoms with E-state index in [0.717, 1.165) is 6.42 Å². The highest BCUT2D eigenvalue weighted by Gasteiger charge is 2.19. The normalized spacial score (nSPS) is 14.7. The number of amides is 1. The van der Waals surface area contributed by atoms with Crippen molar-refractivity contribution in [3.63, 3.8) is 0 Å². The van der Waals surface area contributed by atoms with Crippen LogP contribution in [0.2, 0.25) is 0 Å². The van der Waals surface area contributed by atoms with Crippen molar-refractivity contribution < 1.29 is 14.6 Å². The molecule has 0 saturated carbocycles. The molecule has 0 aromatic rings. The molecule has 5 nitrogen and oxygen atoms in total. The van der Waals surface area contributed by atoms with Crippen LogP contribution >= 0.6 is 0 Å². The van der Waals surface area contributed by atoms with Crippen LogP contribution in [-0.2, 0) is 9.53 Å². The van der Waals surface area contributed by atoms with Gasteiger partial charge in [-0.1, -0.05) is 13.3 Å². The van der Waals surface area contributed by atoms with E-state index in [4.69, 9.17) is 10.5 Å². The molecule has 1 unspecified atom stereocenters. The second kappa shape index (κ2) is 7.62. The lowest BCUT2D eigenvalue weighted by Gasteiger charge is -2.22. The second-order valence-electron chi connectivity index (χ2n) is 3.86. The van der Waals surface area contributed by atoms with Gasteiger partial charge in [-0.2, -0.15) is 0 Å². The number of aliphatic hydroxyl groups is 1. The summed E-state index contributed by atoms with van der Waals surface area (Å²) in [5.41, 5.74) is 4.37. The van der Waals surface area contributed by atoms with Gasteiger partial charge in [0.05, 0.1) is 12.2 Å². The number of carbonyl (C=O) groups excluding carboxylic acids is 1. The summed E-state index contributed by atoms with van der Waals surface area (Å²) in [7, 11) is 0. The van der Waals surface area contributed by atoms with Gasteiger partial charge in [0.15, 0.2) is 0 Å². The molecule has 5 heteroatoms. The van der Waals surface area contributed by atoms with Gasteiger partial charge < -0.3 is 20.9 Å². The predicted octanol–water partition coefficient (Wildman–Crippen LogP) is -0.371. The van der Waals surface area contributed by atoms with Crippen molar-refractivity contribution in [3.05, 3.63) is 0 Å². The van der Waals surface area contributed by atoms with E-state index in [2.05, 4.69) is 5.32 Å². The molecule has 90 valence electrons. The largest absolute Gasteiger partial charge is 0.388 e. The highest BCUT2D eigenvalue weighted by molar-refractivity contribution is 5.77. The van der Waals surface area contributed by atoms with Crippen molar-refractivity contribution in [1.29, 1.82) is 0 Å². The summed E-state index contributed by atoms with van der Waals surface area (Å²) in [5.74, 6) is -0.222. The SMILES string of the molecule is CCCC(C)(O)CNC(=O)COCCN. The van der Waals surface area contributed by atoms with Crippen LogP contribution in [0, 0.1) is 0 Å². The molecule has 0 heterocycles. The molecule has 1 atom stereocenters. The van der Waals surface area contributed by atoms with E-state index >= 15 is 0 Å². The first-order chi connectivity index (χ1) is 7.02. The zero-order valence-corrected chi connectivity index (χ0v) is 9.58. The van der Waals surface area contributed by atoms with Crippen LogP contribution in [0.4, 0.5) is 0 Å². The number of ether oxygens (including phenoxy) is 1. The molecular weight excluding hydrogens is 196 g/mol. The van der Waals surface area contributed by atoms with Gasteiger partial charge in [-0.25, -0.2) is 0 Å². The third kappa shape index (κ3) is 8.35. The van der Waals surface area contributed by atoms with Crippen molar-refractivity contribution in [3.8, 4) is 0 Å². The van der Waals surface area contributed by atoms with Crippen LogP contribution < -0.4 is 11.1 Å². The van der Waals surface area contributed by atoms with Crippen molar-refractivity contribution >= 4 is 5.91 Å². The minimum atomic E-state index is -0.835. The van der Waals surface area contributed by atoms with Gasteiger partial charge in [0, 0.05) is 13.1 Å². The summed E-state index contributed by atoms with van der Waals surface area (Å²) in [6, 6.07) is 0. The van der Waals surface area contributed by atoms with E-state index in [1.807, 2.05) is 6.92 Å². The molecule has 1 amide bonds. The first-order valence-electron chi connectivity index (χ1n) is 5.28. The summed E-state index contributed by atoms with van der Waals surface area (Å²) in [6.07, 6.45) is 1.55. The molecule has 0 fully saturated rings. The van der Waals surface area contributed by atoms with E-state index in [1.165, 1.54) is 0 Å². The first kappa shape index (κ1) is 14.3. The van der Waals surface area contributed by atoms with Gasteiger partial charge in [0.2, 0.25) is 5.91 Å². The Kier molecular flexibility index (Phi) is 7.29.